The molecule has 0 N–H and O–H groups in total. The lowest BCUT2D eigenvalue weighted by molar-refractivity contribution is 0.0898. The van der Waals surface area contributed by atoms with Gasteiger partial charge in [-0.25, -0.2) is 0 Å². The minimum Gasteiger partial charge on any atom is -0.306 e. The fourth-order valence-electron chi connectivity index (χ4n) is 2.97. The van der Waals surface area contributed by atoms with Crippen LogP contribution in [0, 0.1) is 5.92 Å². The number of piperidine rings is 1. The molecule has 0 spiro atoms. The van der Waals surface area contributed by atoms with Gasteiger partial charge in [0.1, 0.15) is 0 Å². The molecule has 1 aliphatic rings. The predicted molar refractivity (Wildman–Crippen MR) is 73.0 cm³/mol. The Morgan fingerprint density at radius 2 is 1.94 bits per heavy atom. The molecule has 0 radical (unpaired) electrons. The van der Waals surface area contributed by atoms with E-state index in [1.807, 2.05) is 0 Å². The van der Waals surface area contributed by atoms with E-state index in [1.54, 1.807) is 0 Å². The fourth-order valence-corrected chi connectivity index (χ4v) is 2.97. The molecule has 0 amide bonds. The molecule has 1 heterocycles. The van der Waals surface area contributed by atoms with Crippen molar-refractivity contribution in [3.63, 3.8) is 0 Å². The van der Waals surface area contributed by atoms with Gasteiger partial charge in [0.25, 0.3) is 0 Å². The zero-order valence-corrected chi connectivity index (χ0v) is 11.3. The molecule has 0 saturated carbocycles. The van der Waals surface area contributed by atoms with E-state index in [2.05, 4.69) is 61.2 Å². The van der Waals surface area contributed by atoms with Crippen LogP contribution < -0.4 is 0 Å². The zero-order chi connectivity index (χ0) is 12.3. The van der Waals surface area contributed by atoms with Crippen molar-refractivity contribution in [2.45, 2.75) is 25.9 Å². The van der Waals surface area contributed by atoms with Crippen LogP contribution in [0.1, 0.15) is 18.9 Å². The molecule has 2 heteroatoms. The van der Waals surface area contributed by atoms with Crippen molar-refractivity contribution in [2.24, 2.45) is 5.92 Å². The van der Waals surface area contributed by atoms with Crippen molar-refractivity contribution in [2.75, 3.05) is 27.2 Å². The first-order chi connectivity index (χ1) is 8.16. The monoisotopic (exact) mass is 232 g/mol. The van der Waals surface area contributed by atoms with Gasteiger partial charge < -0.3 is 4.90 Å². The lowest BCUT2D eigenvalue weighted by Gasteiger charge is -2.40. The Morgan fingerprint density at radius 3 is 2.53 bits per heavy atom. The van der Waals surface area contributed by atoms with Crippen molar-refractivity contribution >= 4 is 0 Å². The maximum atomic E-state index is 2.58. The molecule has 0 unspecified atom stereocenters. The van der Waals surface area contributed by atoms with Crippen LogP contribution in [-0.4, -0.2) is 43.0 Å². The number of benzene rings is 1. The molecular formula is C15H24N2. The summed E-state index contributed by atoms with van der Waals surface area (Å²) >= 11 is 0. The summed E-state index contributed by atoms with van der Waals surface area (Å²) in [7, 11) is 4.40. The summed E-state index contributed by atoms with van der Waals surface area (Å²) in [5.74, 6) is 0.766. The molecule has 2 rings (SSSR count). The minimum atomic E-state index is 0.752. The molecule has 17 heavy (non-hydrogen) atoms. The van der Waals surface area contributed by atoms with E-state index in [9.17, 15) is 0 Å². The van der Waals surface area contributed by atoms with Crippen molar-refractivity contribution in [3.05, 3.63) is 35.9 Å². The van der Waals surface area contributed by atoms with E-state index in [-0.39, 0.29) is 0 Å². The molecule has 1 fully saturated rings. The van der Waals surface area contributed by atoms with Gasteiger partial charge >= 0.3 is 0 Å². The van der Waals surface area contributed by atoms with Crippen molar-refractivity contribution in [3.8, 4) is 0 Å². The highest BCUT2D eigenvalue weighted by Gasteiger charge is 2.27. The van der Waals surface area contributed by atoms with Crippen LogP contribution >= 0.6 is 0 Å². The summed E-state index contributed by atoms with van der Waals surface area (Å²) < 4.78 is 0. The lowest BCUT2D eigenvalue weighted by atomic mass is 9.93. The zero-order valence-electron chi connectivity index (χ0n) is 11.3. The highest BCUT2D eigenvalue weighted by Crippen LogP contribution is 2.21. The highest BCUT2D eigenvalue weighted by molar-refractivity contribution is 5.14. The highest BCUT2D eigenvalue weighted by atomic mass is 15.2. The van der Waals surface area contributed by atoms with Crippen LogP contribution in [0.5, 0.6) is 0 Å². The molecule has 1 saturated heterocycles. The van der Waals surface area contributed by atoms with Gasteiger partial charge in [-0.3, -0.25) is 4.90 Å². The average Bonchev–Trinajstić information content (AvgIpc) is 2.30. The predicted octanol–water partition coefficient (Wildman–Crippen LogP) is 2.46. The topological polar surface area (TPSA) is 6.48 Å². The summed E-state index contributed by atoms with van der Waals surface area (Å²) in [6.45, 7) is 5.92. The molecule has 1 aromatic rings. The minimum absolute atomic E-state index is 0.752. The number of hydrogen-bond donors (Lipinski definition) is 0. The van der Waals surface area contributed by atoms with Gasteiger partial charge in [0, 0.05) is 19.1 Å². The van der Waals surface area contributed by atoms with E-state index in [1.165, 1.54) is 25.1 Å². The first-order valence-corrected chi connectivity index (χ1v) is 6.59. The molecule has 94 valence electrons. The Hall–Kier alpha value is -0.860. The van der Waals surface area contributed by atoms with E-state index in [0.29, 0.717) is 0 Å². The van der Waals surface area contributed by atoms with Gasteiger partial charge in [-0.05, 0) is 38.5 Å². The Morgan fingerprint density at radius 1 is 1.24 bits per heavy atom. The van der Waals surface area contributed by atoms with Crippen LogP contribution in [0.3, 0.4) is 0 Å². The Bertz CT molecular complexity index is 334. The van der Waals surface area contributed by atoms with Crippen LogP contribution in [0.25, 0.3) is 0 Å². The molecule has 1 aromatic carbocycles. The number of likely N-dealkylation sites (tertiary alicyclic amines) is 1. The second kappa shape index (κ2) is 5.65. The van der Waals surface area contributed by atoms with Crippen LogP contribution in [-0.2, 0) is 6.54 Å². The SMILES string of the molecule is C[C@H]1CN(Cc2ccccc2)CC[C@H]1N(C)C. The molecule has 2 nitrogen and oxygen atoms in total. The van der Waals surface area contributed by atoms with Gasteiger partial charge in [-0.15, -0.1) is 0 Å². The third-order valence-corrected chi connectivity index (χ3v) is 3.86. The second-order valence-electron chi connectivity index (χ2n) is 5.52. The fraction of sp³-hybridized carbons (Fsp3) is 0.600. The van der Waals surface area contributed by atoms with Crippen molar-refractivity contribution in [1.82, 2.24) is 9.80 Å². The Kier molecular flexibility index (Phi) is 4.19. The first kappa shape index (κ1) is 12.6. The second-order valence-corrected chi connectivity index (χ2v) is 5.52. The van der Waals surface area contributed by atoms with Crippen molar-refractivity contribution < 1.29 is 0 Å². The number of nitrogens with zero attached hydrogens (tertiary/aromatic N) is 2. The summed E-state index contributed by atoms with van der Waals surface area (Å²) in [5.41, 5.74) is 1.43. The standard InChI is InChI=1S/C15H24N2/c1-13-11-17(10-9-15(13)16(2)3)12-14-7-5-4-6-8-14/h4-8,13,15H,9-12H2,1-3H3/t13-,15+/m0/s1. The summed E-state index contributed by atoms with van der Waals surface area (Å²) in [5, 5.41) is 0. The molecule has 2 atom stereocenters. The maximum Gasteiger partial charge on any atom is 0.0233 e. The number of rotatable bonds is 3. The van der Waals surface area contributed by atoms with Crippen LogP contribution in [0.4, 0.5) is 0 Å². The van der Waals surface area contributed by atoms with Gasteiger partial charge in [0.15, 0.2) is 0 Å². The molecule has 0 bridgehead atoms. The van der Waals surface area contributed by atoms with Crippen LogP contribution in [0.15, 0.2) is 30.3 Å². The van der Waals surface area contributed by atoms with E-state index >= 15 is 0 Å². The molecule has 0 aliphatic carbocycles. The van der Waals surface area contributed by atoms with Crippen LogP contribution in [0.2, 0.25) is 0 Å². The largest absolute Gasteiger partial charge is 0.306 e. The van der Waals surface area contributed by atoms with Gasteiger partial charge in [-0.1, -0.05) is 37.3 Å². The van der Waals surface area contributed by atoms with Gasteiger partial charge in [-0.2, -0.15) is 0 Å². The normalized spacial score (nSPS) is 26.4. The average molecular weight is 232 g/mol. The third-order valence-electron chi connectivity index (χ3n) is 3.86. The van der Waals surface area contributed by atoms with Gasteiger partial charge in [0.05, 0.1) is 0 Å². The molecule has 0 aromatic heterocycles. The van der Waals surface area contributed by atoms with E-state index < -0.39 is 0 Å². The number of hydrogen-bond acceptors (Lipinski definition) is 2. The lowest BCUT2D eigenvalue weighted by Crippen LogP contribution is -2.47. The summed E-state index contributed by atoms with van der Waals surface area (Å²) in [4.78, 5) is 4.96. The Labute approximate surface area is 105 Å². The van der Waals surface area contributed by atoms with E-state index in [4.69, 9.17) is 0 Å². The van der Waals surface area contributed by atoms with Crippen molar-refractivity contribution in [1.29, 1.82) is 0 Å². The molecule has 1 aliphatic heterocycles. The summed E-state index contributed by atoms with van der Waals surface area (Å²) in [6.07, 6.45) is 1.29. The Balaban J connectivity index is 1.90. The maximum absolute atomic E-state index is 2.58. The third kappa shape index (κ3) is 3.30. The smallest absolute Gasteiger partial charge is 0.0233 e. The van der Waals surface area contributed by atoms with E-state index in [0.717, 1.165) is 18.5 Å². The quantitative estimate of drug-likeness (QED) is 0.790. The first-order valence-electron chi connectivity index (χ1n) is 6.59. The van der Waals surface area contributed by atoms with Gasteiger partial charge in [0.2, 0.25) is 0 Å². The summed E-state index contributed by atoms with van der Waals surface area (Å²) in [6, 6.07) is 11.5. The molecular weight excluding hydrogens is 208 g/mol.